The molecule has 0 bridgehead atoms. The topological polar surface area (TPSA) is 78.9 Å². The highest BCUT2D eigenvalue weighted by atomic mass is 35.5. The molecule has 0 saturated carbocycles. The van der Waals surface area contributed by atoms with Crippen LogP contribution in [0.15, 0.2) is 48.5 Å². The van der Waals surface area contributed by atoms with Crippen LogP contribution in [0.4, 0.5) is 5.69 Å². The second-order valence-electron chi connectivity index (χ2n) is 6.40. The molecule has 1 heterocycles. The van der Waals surface area contributed by atoms with Crippen molar-refractivity contribution < 1.29 is 19.4 Å². The van der Waals surface area contributed by atoms with Crippen LogP contribution < -0.4 is 10.1 Å². The number of phenols is 1. The lowest BCUT2D eigenvalue weighted by molar-refractivity contribution is -0.136. The number of carbonyl (C=O) groups is 2. The molecule has 1 saturated heterocycles. The molecule has 2 aromatic carbocycles. The van der Waals surface area contributed by atoms with E-state index in [2.05, 4.69) is 5.32 Å². The molecule has 1 aliphatic rings. The van der Waals surface area contributed by atoms with E-state index in [1.54, 1.807) is 47.4 Å². The second-order valence-corrected chi connectivity index (χ2v) is 6.84. The van der Waals surface area contributed by atoms with Gasteiger partial charge in [0.1, 0.15) is 11.5 Å². The van der Waals surface area contributed by atoms with Crippen molar-refractivity contribution in [2.24, 2.45) is 5.92 Å². The Morgan fingerprint density at radius 3 is 2.44 bits per heavy atom. The van der Waals surface area contributed by atoms with E-state index >= 15 is 0 Å². The van der Waals surface area contributed by atoms with Gasteiger partial charge in [-0.3, -0.25) is 9.59 Å². The monoisotopic (exact) mass is 388 g/mol. The highest BCUT2D eigenvalue weighted by Crippen LogP contribution is 2.25. The number of hydrogen-bond donors (Lipinski definition) is 2. The largest absolute Gasteiger partial charge is 0.506 e. The highest BCUT2D eigenvalue weighted by Gasteiger charge is 2.27. The van der Waals surface area contributed by atoms with Gasteiger partial charge in [0.05, 0.1) is 5.69 Å². The second kappa shape index (κ2) is 8.77. The van der Waals surface area contributed by atoms with Crippen molar-refractivity contribution in [2.45, 2.75) is 12.8 Å². The number of phenolic OH excluding ortho intramolecular Hbond substituents is 1. The van der Waals surface area contributed by atoms with Crippen molar-refractivity contribution in [3.8, 4) is 11.5 Å². The molecule has 3 rings (SSSR count). The number of piperidine rings is 1. The lowest BCUT2D eigenvalue weighted by atomic mass is 9.95. The van der Waals surface area contributed by atoms with Crippen LogP contribution in [-0.2, 0) is 9.59 Å². The van der Waals surface area contributed by atoms with Gasteiger partial charge < -0.3 is 20.1 Å². The summed E-state index contributed by atoms with van der Waals surface area (Å²) < 4.78 is 5.49. The fourth-order valence-electron chi connectivity index (χ4n) is 2.97. The molecule has 0 aromatic heterocycles. The van der Waals surface area contributed by atoms with Crippen LogP contribution in [0.2, 0.25) is 5.02 Å². The number of para-hydroxylation sites is 2. The third kappa shape index (κ3) is 5.14. The smallest absolute Gasteiger partial charge is 0.260 e. The van der Waals surface area contributed by atoms with Gasteiger partial charge in [0.15, 0.2) is 6.61 Å². The van der Waals surface area contributed by atoms with Gasteiger partial charge in [0.2, 0.25) is 5.91 Å². The fourth-order valence-corrected chi connectivity index (χ4v) is 3.10. The molecule has 0 atom stereocenters. The summed E-state index contributed by atoms with van der Waals surface area (Å²) in [6.45, 7) is 0.958. The fraction of sp³-hybridized carbons (Fsp3) is 0.300. The van der Waals surface area contributed by atoms with Crippen LogP contribution in [0, 0.1) is 5.92 Å². The summed E-state index contributed by atoms with van der Waals surface area (Å²) in [5.74, 6) is 0.193. The van der Waals surface area contributed by atoms with E-state index in [0.29, 0.717) is 42.4 Å². The average molecular weight is 389 g/mol. The van der Waals surface area contributed by atoms with E-state index in [1.807, 2.05) is 0 Å². The van der Waals surface area contributed by atoms with Crippen LogP contribution >= 0.6 is 11.6 Å². The van der Waals surface area contributed by atoms with Crippen LogP contribution in [0.5, 0.6) is 11.5 Å². The zero-order chi connectivity index (χ0) is 19.2. The standard InChI is InChI=1S/C20H21ClN2O4/c21-15-5-7-16(8-6-15)27-13-19(25)23-11-9-14(10-12-23)20(26)22-17-3-1-2-4-18(17)24/h1-8,14,24H,9-13H2,(H,22,26). The summed E-state index contributed by atoms with van der Waals surface area (Å²) in [6, 6.07) is 13.5. The number of nitrogens with one attached hydrogen (secondary N) is 1. The van der Waals surface area contributed by atoms with Crippen molar-refractivity contribution >= 4 is 29.1 Å². The number of hydrogen-bond acceptors (Lipinski definition) is 4. The maximum atomic E-state index is 12.4. The van der Waals surface area contributed by atoms with Gasteiger partial charge in [-0.2, -0.15) is 0 Å². The predicted octanol–water partition coefficient (Wildman–Crippen LogP) is 3.30. The average Bonchev–Trinajstić information content (AvgIpc) is 2.69. The normalized spacial score (nSPS) is 14.6. The van der Waals surface area contributed by atoms with Gasteiger partial charge in [-0.1, -0.05) is 23.7 Å². The predicted molar refractivity (Wildman–Crippen MR) is 103 cm³/mol. The Morgan fingerprint density at radius 1 is 1.11 bits per heavy atom. The summed E-state index contributed by atoms with van der Waals surface area (Å²) in [6.07, 6.45) is 1.15. The zero-order valence-electron chi connectivity index (χ0n) is 14.7. The first-order chi connectivity index (χ1) is 13.0. The molecule has 27 heavy (non-hydrogen) atoms. The maximum Gasteiger partial charge on any atom is 0.260 e. The molecule has 7 heteroatoms. The molecule has 0 aliphatic carbocycles. The number of carbonyl (C=O) groups excluding carboxylic acids is 2. The molecule has 0 radical (unpaired) electrons. The number of nitrogens with zero attached hydrogens (tertiary/aromatic N) is 1. The maximum absolute atomic E-state index is 12.4. The van der Waals surface area contributed by atoms with E-state index in [9.17, 15) is 14.7 Å². The van der Waals surface area contributed by atoms with Gasteiger partial charge in [-0.25, -0.2) is 0 Å². The van der Waals surface area contributed by atoms with Crippen molar-refractivity contribution in [3.63, 3.8) is 0 Å². The molecule has 0 spiro atoms. The Balaban J connectivity index is 1.45. The van der Waals surface area contributed by atoms with E-state index < -0.39 is 0 Å². The van der Waals surface area contributed by atoms with Crippen molar-refractivity contribution in [1.29, 1.82) is 0 Å². The van der Waals surface area contributed by atoms with E-state index in [-0.39, 0.29) is 30.1 Å². The molecular formula is C20H21ClN2O4. The summed E-state index contributed by atoms with van der Waals surface area (Å²) in [7, 11) is 0. The van der Waals surface area contributed by atoms with Crippen LogP contribution in [-0.4, -0.2) is 41.5 Å². The minimum absolute atomic E-state index is 0.0396. The van der Waals surface area contributed by atoms with Gasteiger partial charge in [0.25, 0.3) is 5.91 Å². The summed E-state index contributed by atoms with van der Waals surface area (Å²) in [5, 5.41) is 13.1. The third-order valence-electron chi connectivity index (χ3n) is 4.56. The number of aromatic hydroxyl groups is 1. The van der Waals surface area contributed by atoms with Gasteiger partial charge >= 0.3 is 0 Å². The minimum Gasteiger partial charge on any atom is -0.506 e. The summed E-state index contributed by atoms with van der Waals surface area (Å²) in [5.41, 5.74) is 0.400. The zero-order valence-corrected chi connectivity index (χ0v) is 15.5. The van der Waals surface area contributed by atoms with Crippen molar-refractivity contribution in [3.05, 3.63) is 53.6 Å². The SMILES string of the molecule is O=C(Nc1ccccc1O)C1CCN(C(=O)COc2ccc(Cl)cc2)CC1. The van der Waals surface area contributed by atoms with Crippen LogP contribution in [0.25, 0.3) is 0 Å². The molecule has 1 fully saturated rings. The molecular weight excluding hydrogens is 368 g/mol. The van der Waals surface area contributed by atoms with Gasteiger partial charge in [0, 0.05) is 24.0 Å². The summed E-state index contributed by atoms with van der Waals surface area (Å²) >= 11 is 5.82. The van der Waals surface area contributed by atoms with E-state index in [4.69, 9.17) is 16.3 Å². The van der Waals surface area contributed by atoms with Crippen molar-refractivity contribution in [2.75, 3.05) is 25.0 Å². The van der Waals surface area contributed by atoms with E-state index in [1.165, 1.54) is 6.07 Å². The molecule has 2 aromatic rings. The first-order valence-electron chi connectivity index (χ1n) is 8.78. The number of amides is 2. The molecule has 6 nitrogen and oxygen atoms in total. The number of rotatable bonds is 5. The lowest BCUT2D eigenvalue weighted by Gasteiger charge is -2.31. The Bertz CT molecular complexity index is 802. The first-order valence-corrected chi connectivity index (χ1v) is 9.16. The number of halogens is 1. The van der Waals surface area contributed by atoms with Gasteiger partial charge in [-0.05, 0) is 49.2 Å². The van der Waals surface area contributed by atoms with Gasteiger partial charge in [-0.15, -0.1) is 0 Å². The Hall–Kier alpha value is -2.73. The summed E-state index contributed by atoms with van der Waals surface area (Å²) in [4.78, 5) is 26.4. The van der Waals surface area contributed by atoms with Crippen LogP contribution in [0.3, 0.4) is 0 Å². The molecule has 0 unspecified atom stereocenters. The van der Waals surface area contributed by atoms with Crippen molar-refractivity contribution in [1.82, 2.24) is 4.90 Å². The Kier molecular flexibility index (Phi) is 6.19. The lowest BCUT2D eigenvalue weighted by Crippen LogP contribution is -2.43. The number of anilines is 1. The molecule has 1 aliphatic heterocycles. The first kappa shape index (κ1) is 19.0. The number of likely N-dealkylation sites (tertiary alicyclic amines) is 1. The molecule has 2 N–H and O–H groups in total. The molecule has 142 valence electrons. The molecule has 2 amide bonds. The van der Waals surface area contributed by atoms with Crippen LogP contribution in [0.1, 0.15) is 12.8 Å². The Labute approximate surface area is 162 Å². The third-order valence-corrected chi connectivity index (χ3v) is 4.81. The Morgan fingerprint density at radius 2 is 1.78 bits per heavy atom. The van der Waals surface area contributed by atoms with E-state index in [0.717, 1.165) is 0 Å². The number of benzene rings is 2. The quantitative estimate of drug-likeness (QED) is 0.770. The minimum atomic E-state index is -0.189. The highest BCUT2D eigenvalue weighted by molar-refractivity contribution is 6.30. The number of ether oxygens (including phenoxy) is 1.